The Labute approximate surface area is 196 Å². The molecule has 0 aromatic heterocycles. The molecule has 1 aromatic carbocycles. The molecule has 0 amide bonds. The van der Waals surface area contributed by atoms with Gasteiger partial charge in [0.15, 0.2) is 0 Å². The first-order chi connectivity index (χ1) is 15.7. The van der Waals surface area contributed by atoms with Crippen LogP contribution >= 0.6 is 0 Å². The zero-order chi connectivity index (χ0) is 22.3. The van der Waals surface area contributed by atoms with E-state index in [-0.39, 0.29) is 5.82 Å². The molecule has 180 valence electrons. The van der Waals surface area contributed by atoms with Gasteiger partial charge in [-0.1, -0.05) is 83.6 Å². The number of benzene rings is 1. The van der Waals surface area contributed by atoms with Crippen LogP contribution in [-0.4, -0.2) is 7.11 Å². The smallest absolute Gasteiger partial charge is 0.130 e. The monoisotopic (exact) mass is 442 g/mol. The van der Waals surface area contributed by atoms with Gasteiger partial charge in [0, 0.05) is 6.07 Å². The van der Waals surface area contributed by atoms with Crippen molar-refractivity contribution in [2.75, 3.05) is 7.11 Å². The molecule has 3 aliphatic rings. The molecule has 4 atom stereocenters. The molecule has 4 rings (SSSR count). The molecule has 1 nitrogen and oxygen atoms in total. The lowest BCUT2D eigenvalue weighted by atomic mass is 9.63. The predicted molar refractivity (Wildman–Crippen MR) is 133 cm³/mol. The largest absolute Gasteiger partial charge is 0.497 e. The van der Waals surface area contributed by atoms with Crippen molar-refractivity contribution >= 4 is 0 Å². The number of halogens is 1. The second-order valence-electron chi connectivity index (χ2n) is 11.6. The third-order valence-electron chi connectivity index (χ3n) is 9.53. The van der Waals surface area contributed by atoms with Crippen molar-refractivity contribution in [1.82, 2.24) is 0 Å². The summed E-state index contributed by atoms with van der Waals surface area (Å²) in [7, 11) is 1.61. The first-order valence-corrected chi connectivity index (χ1v) is 14.0. The van der Waals surface area contributed by atoms with Gasteiger partial charge in [-0.3, -0.25) is 0 Å². The van der Waals surface area contributed by atoms with E-state index in [1.165, 1.54) is 103 Å². The van der Waals surface area contributed by atoms with Gasteiger partial charge in [0.1, 0.15) is 11.6 Å². The maximum Gasteiger partial charge on any atom is 0.130 e. The van der Waals surface area contributed by atoms with Crippen LogP contribution in [0, 0.1) is 35.4 Å². The summed E-state index contributed by atoms with van der Waals surface area (Å²) in [5.74, 6) is 5.72. The van der Waals surface area contributed by atoms with E-state index in [1.54, 1.807) is 13.2 Å². The van der Waals surface area contributed by atoms with Crippen molar-refractivity contribution in [2.45, 2.75) is 116 Å². The molecule has 1 aromatic rings. The van der Waals surface area contributed by atoms with E-state index >= 15 is 0 Å². The fourth-order valence-corrected chi connectivity index (χ4v) is 7.46. The van der Waals surface area contributed by atoms with E-state index in [4.69, 9.17) is 4.74 Å². The normalized spacial score (nSPS) is 33.0. The molecule has 3 aliphatic carbocycles. The molecule has 0 N–H and O–H groups in total. The molecule has 2 heteroatoms. The van der Waals surface area contributed by atoms with Crippen LogP contribution in [0.2, 0.25) is 0 Å². The minimum Gasteiger partial charge on any atom is -0.497 e. The number of rotatable bonds is 9. The van der Waals surface area contributed by atoms with Crippen molar-refractivity contribution in [3.63, 3.8) is 0 Å². The molecule has 0 spiro atoms. The summed E-state index contributed by atoms with van der Waals surface area (Å²) in [4.78, 5) is 0. The number of unbranched alkanes of at least 4 members (excludes halogenated alkanes) is 2. The van der Waals surface area contributed by atoms with Crippen molar-refractivity contribution in [2.24, 2.45) is 29.6 Å². The van der Waals surface area contributed by atoms with Crippen molar-refractivity contribution in [1.29, 1.82) is 0 Å². The summed E-state index contributed by atoms with van der Waals surface area (Å²) >= 11 is 0. The van der Waals surface area contributed by atoms with Crippen LogP contribution in [0.4, 0.5) is 4.39 Å². The third-order valence-corrected chi connectivity index (χ3v) is 9.53. The Bertz CT molecular complexity index is 692. The number of hydrogen-bond donors (Lipinski definition) is 0. The molecule has 3 fully saturated rings. The zero-order valence-corrected chi connectivity index (χ0v) is 20.8. The Morgan fingerprint density at radius 1 is 0.781 bits per heavy atom. The summed E-state index contributed by atoms with van der Waals surface area (Å²) < 4.78 is 19.8. The molecule has 32 heavy (non-hydrogen) atoms. The maximum atomic E-state index is 14.6. The topological polar surface area (TPSA) is 9.23 Å². The fourth-order valence-electron chi connectivity index (χ4n) is 7.46. The van der Waals surface area contributed by atoms with Gasteiger partial charge in [0.25, 0.3) is 0 Å². The van der Waals surface area contributed by atoms with Crippen molar-refractivity contribution < 1.29 is 9.13 Å². The number of ether oxygens (including phenoxy) is 1. The second-order valence-corrected chi connectivity index (χ2v) is 11.6. The van der Waals surface area contributed by atoms with Gasteiger partial charge in [-0.05, 0) is 79.2 Å². The summed E-state index contributed by atoms with van der Waals surface area (Å²) in [6.45, 7) is 2.32. The molecular weight excluding hydrogens is 395 g/mol. The molecule has 4 unspecified atom stereocenters. The number of methoxy groups -OCH3 is 1. The molecule has 0 aliphatic heterocycles. The summed E-state index contributed by atoms with van der Waals surface area (Å²) in [6.07, 6.45) is 22.7. The highest BCUT2D eigenvalue weighted by Crippen LogP contribution is 2.49. The van der Waals surface area contributed by atoms with Crippen LogP contribution in [0.5, 0.6) is 5.75 Å². The van der Waals surface area contributed by atoms with Gasteiger partial charge >= 0.3 is 0 Å². The van der Waals surface area contributed by atoms with E-state index < -0.39 is 0 Å². The lowest BCUT2D eigenvalue weighted by Crippen LogP contribution is -2.31. The van der Waals surface area contributed by atoms with Gasteiger partial charge in [-0.25, -0.2) is 4.39 Å². The van der Waals surface area contributed by atoms with E-state index in [2.05, 4.69) is 6.92 Å². The first kappa shape index (κ1) is 24.1. The molecule has 0 radical (unpaired) electrons. The lowest BCUT2D eigenvalue weighted by Gasteiger charge is -2.43. The van der Waals surface area contributed by atoms with Crippen LogP contribution < -0.4 is 4.74 Å². The summed E-state index contributed by atoms with van der Waals surface area (Å²) in [5.41, 5.74) is 0.927. The van der Waals surface area contributed by atoms with E-state index in [0.717, 1.165) is 35.2 Å². The average molecular weight is 443 g/mol. The molecule has 0 heterocycles. The van der Waals surface area contributed by atoms with E-state index in [1.807, 2.05) is 12.1 Å². The first-order valence-electron chi connectivity index (χ1n) is 14.0. The standard InChI is InChI=1S/C30H47FO/c1-3-4-5-6-22-7-9-23(10-8-22)11-12-24-13-14-26-20-27(16-15-25(26)19-24)29-18-17-28(32-2)21-30(29)31/h17-18,21-27H,3-16,19-20H2,1-2H3. The Morgan fingerprint density at radius 2 is 1.44 bits per heavy atom. The maximum absolute atomic E-state index is 14.6. The average Bonchev–Trinajstić information content (AvgIpc) is 2.83. The number of fused-ring (bicyclic) bond motifs is 1. The van der Waals surface area contributed by atoms with Crippen LogP contribution in [0.1, 0.15) is 121 Å². The number of hydrogen-bond acceptors (Lipinski definition) is 1. The van der Waals surface area contributed by atoms with Crippen LogP contribution in [-0.2, 0) is 0 Å². The zero-order valence-electron chi connectivity index (χ0n) is 20.8. The van der Waals surface area contributed by atoms with Crippen LogP contribution in [0.25, 0.3) is 0 Å². The van der Waals surface area contributed by atoms with Gasteiger partial charge in [-0.15, -0.1) is 0 Å². The Kier molecular flexibility index (Phi) is 8.95. The van der Waals surface area contributed by atoms with E-state index in [9.17, 15) is 4.39 Å². The van der Waals surface area contributed by atoms with Gasteiger partial charge in [0.05, 0.1) is 7.11 Å². The molecule has 0 bridgehead atoms. The Balaban J connectivity index is 1.18. The highest BCUT2D eigenvalue weighted by atomic mass is 19.1. The van der Waals surface area contributed by atoms with Crippen LogP contribution in [0.3, 0.4) is 0 Å². The predicted octanol–water partition coefficient (Wildman–Crippen LogP) is 9.30. The minimum atomic E-state index is -0.0680. The van der Waals surface area contributed by atoms with Crippen molar-refractivity contribution in [3.05, 3.63) is 29.6 Å². The summed E-state index contributed by atoms with van der Waals surface area (Å²) in [6, 6.07) is 5.47. The quantitative estimate of drug-likeness (QED) is 0.346. The third kappa shape index (κ3) is 6.29. The Hall–Kier alpha value is -1.05. The molecule has 0 saturated heterocycles. The summed E-state index contributed by atoms with van der Waals surface area (Å²) in [5, 5.41) is 0. The van der Waals surface area contributed by atoms with Gasteiger partial charge in [-0.2, -0.15) is 0 Å². The molecule has 3 saturated carbocycles. The Morgan fingerprint density at radius 3 is 2.16 bits per heavy atom. The van der Waals surface area contributed by atoms with Gasteiger partial charge < -0.3 is 4.74 Å². The highest BCUT2D eigenvalue weighted by molar-refractivity contribution is 5.31. The second kappa shape index (κ2) is 11.9. The fraction of sp³-hybridized carbons (Fsp3) is 0.800. The van der Waals surface area contributed by atoms with Crippen LogP contribution in [0.15, 0.2) is 18.2 Å². The SMILES string of the molecule is CCCCCC1CCC(CCC2CCC3CC(c4ccc(OC)cc4F)CCC3C2)CC1. The van der Waals surface area contributed by atoms with Gasteiger partial charge in [0.2, 0.25) is 0 Å². The van der Waals surface area contributed by atoms with Crippen molar-refractivity contribution in [3.8, 4) is 5.75 Å². The minimum absolute atomic E-state index is 0.0680. The lowest BCUT2D eigenvalue weighted by molar-refractivity contribution is 0.108. The highest BCUT2D eigenvalue weighted by Gasteiger charge is 2.36. The molecular formula is C30H47FO. The van der Waals surface area contributed by atoms with E-state index in [0.29, 0.717) is 11.7 Å².